The highest BCUT2D eigenvalue weighted by Crippen LogP contribution is 2.24. The van der Waals surface area contributed by atoms with Gasteiger partial charge in [-0.05, 0) is 45.0 Å². The predicted octanol–water partition coefficient (Wildman–Crippen LogP) is 1.68. The fourth-order valence-corrected chi connectivity index (χ4v) is 4.84. The van der Waals surface area contributed by atoms with Crippen LogP contribution in [0.3, 0.4) is 0 Å². The van der Waals surface area contributed by atoms with Crippen LogP contribution in [0.25, 0.3) is 17.0 Å². The number of aryl methyl sites for hydroxylation is 1. The van der Waals surface area contributed by atoms with Gasteiger partial charge in [-0.2, -0.15) is 4.52 Å². The van der Waals surface area contributed by atoms with Gasteiger partial charge < -0.3 is 15.1 Å². The second-order valence-electron chi connectivity index (χ2n) is 9.55. The lowest BCUT2D eigenvalue weighted by molar-refractivity contribution is -0.125. The van der Waals surface area contributed by atoms with Gasteiger partial charge in [0.05, 0.1) is 0 Å². The minimum Gasteiger partial charge on any atom is -0.355 e. The molecule has 3 aromatic rings. The Kier molecular flexibility index (Phi) is 6.73. The van der Waals surface area contributed by atoms with Crippen molar-refractivity contribution in [2.24, 2.45) is 5.92 Å². The largest absolute Gasteiger partial charge is 0.355 e. The van der Waals surface area contributed by atoms with E-state index >= 15 is 0 Å². The SMILES string of the molecule is Cc1cccc(-c2nnc3ccc(N4CCC(C(=O)NCCN5CCN(C)CC5)CC4)nn23)c1. The van der Waals surface area contributed by atoms with E-state index in [0.717, 1.165) is 88.1 Å². The van der Waals surface area contributed by atoms with Gasteiger partial charge in [0, 0.05) is 63.8 Å². The van der Waals surface area contributed by atoms with Crippen molar-refractivity contribution in [1.82, 2.24) is 34.9 Å². The maximum Gasteiger partial charge on any atom is 0.223 e. The lowest BCUT2D eigenvalue weighted by Crippen LogP contribution is -2.48. The van der Waals surface area contributed by atoms with Crippen LogP contribution in [0.1, 0.15) is 18.4 Å². The number of aromatic nitrogens is 4. The number of piperazine rings is 1. The zero-order valence-electron chi connectivity index (χ0n) is 20.2. The number of nitrogens with zero attached hydrogens (tertiary/aromatic N) is 7. The topological polar surface area (TPSA) is 81.9 Å². The van der Waals surface area contributed by atoms with Gasteiger partial charge in [-0.25, -0.2) is 0 Å². The molecule has 0 saturated carbocycles. The first-order valence-electron chi connectivity index (χ1n) is 12.3. The highest BCUT2D eigenvalue weighted by molar-refractivity contribution is 5.79. The number of piperidine rings is 1. The Balaban J connectivity index is 1.16. The molecule has 4 heterocycles. The number of rotatable bonds is 6. The van der Waals surface area contributed by atoms with E-state index in [1.807, 2.05) is 28.8 Å². The number of carbonyl (C=O) groups excluding carboxylic acids is 1. The van der Waals surface area contributed by atoms with Gasteiger partial charge in [-0.3, -0.25) is 9.69 Å². The number of carbonyl (C=O) groups is 1. The summed E-state index contributed by atoms with van der Waals surface area (Å²) in [7, 11) is 2.16. The predicted molar refractivity (Wildman–Crippen MR) is 133 cm³/mol. The molecule has 5 rings (SSSR count). The zero-order chi connectivity index (χ0) is 23.5. The molecular weight excluding hydrogens is 428 g/mol. The molecule has 0 bridgehead atoms. The third kappa shape index (κ3) is 5.05. The summed E-state index contributed by atoms with van der Waals surface area (Å²) in [6, 6.07) is 12.2. The summed E-state index contributed by atoms with van der Waals surface area (Å²) in [4.78, 5) is 19.7. The van der Waals surface area contributed by atoms with E-state index in [9.17, 15) is 4.79 Å². The van der Waals surface area contributed by atoms with Crippen LogP contribution in [0.2, 0.25) is 0 Å². The first kappa shape index (κ1) is 22.7. The molecule has 1 amide bonds. The quantitative estimate of drug-likeness (QED) is 0.597. The van der Waals surface area contributed by atoms with Crippen molar-refractivity contribution in [2.75, 3.05) is 64.3 Å². The maximum absolute atomic E-state index is 12.7. The summed E-state index contributed by atoms with van der Waals surface area (Å²) in [6.45, 7) is 9.75. The summed E-state index contributed by atoms with van der Waals surface area (Å²) >= 11 is 0. The van der Waals surface area contributed by atoms with Crippen LogP contribution in [0.4, 0.5) is 5.82 Å². The molecule has 9 heteroatoms. The van der Waals surface area contributed by atoms with Crippen molar-refractivity contribution in [3.05, 3.63) is 42.0 Å². The van der Waals surface area contributed by atoms with Crippen LogP contribution < -0.4 is 10.2 Å². The molecule has 1 N–H and O–H groups in total. The molecule has 2 aliphatic rings. The lowest BCUT2D eigenvalue weighted by atomic mass is 9.96. The summed E-state index contributed by atoms with van der Waals surface area (Å²) in [5.41, 5.74) is 2.91. The average Bonchev–Trinajstić information content (AvgIpc) is 3.29. The Hall–Kier alpha value is -3.04. The van der Waals surface area contributed by atoms with Gasteiger partial charge in [-0.1, -0.05) is 23.8 Å². The molecule has 180 valence electrons. The van der Waals surface area contributed by atoms with E-state index in [0.29, 0.717) is 0 Å². The molecule has 2 saturated heterocycles. The van der Waals surface area contributed by atoms with Crippen LogP contribution in [0.15, 0.2) is 36.4 Å². The van der Waals surface area contributed by atoms with Gasteiger partial charge in [0.1, 0.15) is 5.82 Å². The summed E-state index contributed by atoms with van der Waals surface area (Å²) in [5, 5.41) is 16.7. The minimum absolute atomic E-state index is 0.0743. The van der Waals surface area contributed by atoms with Crippen LogP contribution in [0, 0.1) is 12.8 Å². The van der Waals surface area contributed by atoms with Crippen molar-refractivity contribution in [1.29, 1.82) is 0 Å². The molecule has 0 unspecified atom stereocenters. The average molecular weight is 463 g/mol. The number of anilines is 1. The zero-order valence-corrected chi connectivity index (χ0v) is 20.2. The molecule has 0 atom stereocenters. The molecule has 2 aromatic heterocycles. The number of amides is 1. The van der Waals surface area contributed by atoms with E-state index in [2.05, 4.69) is 56.3 Å². The number of nitrogens with one attached hydrogen (secondary N) is 1. The Morgan fingerprint density at radius 2 is 1.82 bits per heavy atom. The molecule has 0 spiro atoms. The minimum atomic E-state index is 0.0743. The molecule has 34 heavy (non-hydrogen) atoms. The van der Waals surface area contributed by atoms with Crippen molar-refractivity contribution >= 4 is 17.4 Å². The normalized spacial score (nSPS) is 18.5. The second kappa shape index (κ2) is 10.1. The molecule has 2 aliphatic heterocycles. The lowest BCUT2D eigenvalue weighted by Gasteiger charge is -2.33. The Bertz CT molecular complexity index is 1130. The number of hydrogen-bond acceptors (Lipinski definition) is 7. The van der Waals surface area contributed by atoms with Crippen molar-refractivity contribution < 1.29 is 4.79 Å². The third-order valence-electron chi connectivity index (χ3n) is 7.04. The van der Waals surface area contributed by atoms with Crippen molar-refractivity contribution in [2.45, 2.75) is 19.8 Å². The van der Waals surface area contributed by atoms with E-state index in [1.165, 1.54) is 5.56 Å². The fraction of sp³-hybridized carbons (Fsp3) is 0.520. The highest BCUT2D eigenvalue weighted by atomic mass is 16.1. The third-order valence-corrected chi connectivity index (χ3v) is 7.04. The van der Waals surface area contributed by atoms with Crippen molar-refractivity contribution in [3.63, 3.8) is 0 Å². The van der Waals surface area contributed by atoms with Crippen LogP contribution in [0.5, 0.6) is 0 Å². The smallest absolute Gasteiger partial charge is 0.223 e. The summed E-state index contributed by atoms with van der Waals surface area (Å²) < 4.78 is 1.82. The molecule has 0 radical (unpaired) electrons. The molecule has 0 aliphatic carbocycles. The maximum atomic E-state index is 12.7. The first-order valence-corrected chi connectivity index (χ1v) is 12.3. The second-order valence-corrected chi connectivity index (χ2v) is 9.55. The Morgan fingerprint density at radius 3 is 2.59 bits per heavy atom. The molecule has 2 fully saturated rings. The fourth-order valence-electron chi connectivity index (χ4n) is 4.84. The van der Waals surface area contributed by atoms with Gasteiger partial charge in [0.25, 0.3) is 0 Å². The molecule has 1 aromatic carbocycles. The number of fused-ring (bicyclic) bond motifs is 1. The van der Waals surface area contributed by atoms with E-state index in [-0.39, 0.29) is 11.8 Å². The van der Waals surface area contributed by atoms with Crippen LogP contribution >= 0.6 is 0 Å². The number of hydrogen-bond donors (Lipinski definition) is 1. The van der Waals surface area contributed by atoms with Gasteiger partial charge in [0.15, 0.2) is 11.5 Å². The Labute approximate surface area is 200 Å². The highest BCUT2D eigenvalue weighted by Gasteiger charge is 2.26. The van der Waals surface area contributed by atoms with Gasteiger partial charge in [-0.15, -0.1) is 15.3 Å². The van der Waals surface area contributed by atoms with Crippen LogP contribution in [-0.4, -0.2) is 94.9 Å². The standard InChI is InChI=1S/C25H34N8O/c1-19-4-3-5-21(18-19)24-28-27-22-6-7-23(29-33(22)24)32-11-8-20(9-12-32)25(34)26-10-13-31-16-14-30(2)15-17-31/h3-7,18,20H,8-17H2,1-2H3,(H,26,34). The number of benzene rings is 1. The van der Waals surface area contributed by atoms with Gasteiger partial charge >= 0.3 is 0 Å². The number of likely N-dealkylation sites (N-methyl/N-ethyl adjacent to an activating group) is 1. The van der Waals surface area contributed by atoms with Gasteiger partial charge in [0.2, 0.25) is 5.91 Å². The summed E-state index contributed by atoms with van der Waals surface area (Å²) in [6.07, 6.45) is 1.68. The van der Waals surface area contributed by atoms with E-state index in [1.54, 1.807) is 0 Å². The van der Waals surface area contributed by atoms with E-state index < -0.39 is 0 Å². The first-order chi connectivity index (χ1) is 16.6. The van der Waals surface area contributed by atoms with E-state index in [4.69, 9.17) is 5.10 Å². The Morgan fingerprint density at radius 1 is 1.03 bits per heavy atom. The van der Waals surface area contributed by atoms with Crippen LogP contribution in [-0.2, 0) is 4.79 Å². The van der Waals surface area contributed by atoms with Crippen molar-refractivity contribution in [3.8, 4) is 11.4 Å². The summed E-state index contributed by atoms with van der Waals surface area (Å²) in [5.74, 6) is 1.91. The molecule has 9 nitrogen and oxygen atoms in total. The molecular formula is C25H34N8O. The monoisotopic (exact) mass is 462 g/mol.